The van der Waals surface area contributed by atoms with Crippen LogP contribution in [0.4, 0.5) is 4.39 Å². The van der Waals surface area contributed by atoms with E-state index in [4.69, 9.17) is 26.8 Å². The molecule has 0 fully saturated rings. The molecule has 7 nitrogen and oxygen atoms in total. The molecule has 1 aliphatic heterocycles. The lowest BCUT2D eigenvalue weighted by Gasteiger charge is -2.19. The molecule has 0 saturated heterocycles. The number of ether oxygens (including phenoxy) is 2. The van der Waals surface area contributed by atoms with E-state index in [1.54, 1.807) is 30.3 Å². The molecule has 0 radical (unpaired) electrons. The summed E-state index contributed by atoms with van der Waals surface area (Å²) in [5.74, 6) is 0.000653. The second-order valence-corrected chi connectivity index (χ2v) is 8.87. The van der Waals surface area contributed by atoms with Gasteiger partial charge >= 0.3 is 5.69 Å². The zero-order chi connectivity index (χ0) is 25.4. The molecule has 2 N–H and O–H groups in total. The molecule has 2 heterocycles. The predicted octanol–water partition coefficient (Wildman–Crippen LogP) is 4.16. The van der Waals surface area contributed by atoms with E-state index in [0.29, 0.717) is 11.3 Å². The van der Waals surface area contributed by atoms with Gasteiger partial charge in [-0.05, 0) is 35.4 Å². The lowest BCUT2D eigenvalue weighted by atomic mass is 10.1. The van der Waals surface area contributed by atoms with Crippen molar-refractivity contribution in [3.05, 3.63) is 116 Å². The number of rotatable bonds is 6. The molecule has 0 bridgehead atoms. The SMILES string of the molecule is COc1cccc(-c2c3n(c(=O)n(CC(N)c4ccccc4)c2=O)C(c2c(F)cccc2Cl)CO3)c1. The molecule has 1 aliphatic rings. The molecule has 184 valence electrons. The maximum absolute atomic E-state index is 14.9. The number of fused-ring (bicyclic) bond motifs is 1. The smallest absolute Gasteiger partial charge is 0.334 e. The summed E-state index contributed by atoms with van der Waals surface area (Å²) in [6.45, 7) is -0.155. The normalized spacial score (nSPS) is 15.3. The summed E-state index contributed by atoms with van der Waals surface area (Å²) in [7, 11) is 1.52. The summed E-state index contributed by atoms with van der Waals surface area (Å²) >= 11 is 6.34. The molecule has 0 saturated carbocycles. The van der Waals surface area contributed by atoms with E-state index < -0.39 is 29.1 Å². The fourth-order valence-corrected chi connectivity index (χ4v) is 4.82. The van der Waals surface area contributed by atoms with Crippen LogP contribution >= 0.6 is 11.6 Å². The van der Waals surface area contributed by atoms with Crippen LogP contribution < -0.4 is 26.5 Å². The van der Waals surface area contributed by atoms with Crippen LogP contribution in [0.2, 0.25) is 5.02 Å². The van der Waals surface area contributed by atoms with Gasteiger partial charge in [0.2, 0.25) is 5.88 Å². The van der Waals surface area contributed by atoms with Crippen LogP contribution in [0.15, 0.2) is 82.4 Å². The second-order valence-electron chi connectivity index (χ2n) is 8.46. The number of hydrogen-bond acceptors (Lipinski definition) is 5. The average molecular weight is 508 g/mol. The Kier molecular flexibility index (Phi) is 6.38. The lowest BCUT2D eigenvalue weighted by Crippen LogP contribution is -2.43. The Bertz CT molecular complexity index is 1530. The summed E-state index contributed by atoms with van der Waals surface area (Å²) in [4.78, 5) is 27.5. The molecule has 2 atom stereocenters. The molecule has 5 rings (SSSR count). The highest BCUT2D eigenvalue weighted by molar-refractivity contribution is 6.31. The van der Waals surface area contributed by atoms with Gasteiger partial charge in [0.05, 0.1) is 13.7 Å². The van der Waals surface area contributed by atoms with Crippen LogP contribution in [0.3, 0.4) is 0 Å². The van der Waals surface area contributed by atoms with Gasteiger partial charge in [-0.15, -0.1) is 0 Å². The number of nitrogens with zero attached hydrogens (tertiary/aromatic N) is 2. The highest BCUT2D eigenvalue weighted by Gasteiger charge is 2.35. The minimum absolute atomic E-state index is 0.0482. The lowest BCUT2D eigenvalue weighted by molar-refractivity contribution is 0.340. The summed E-state index contributed by atoms with van der Waals surface area (Å²) < 4.78 is 28.5. The number of nitrogens with two attached hydrogens (primary N) is 1. The fourth-order valence-electron chi connectivity index (χ4n) is 4.53. The Morgan fingerprint density at radius 2 is 1.86 bits per heavy atom. The molecular formula is C27H23ClFN3O4. The molecule has 4 aromatic rings. The summed E-state index contributed by atoms with van der Waals surface area (Å²) in [6, 6.07) is 18.9. The van der Waals surface area contributed by atoms with E-state index in [1.165, 1.54) is 23.8 Å². The van der Waals surface area contributed by atoms with E-state index in [2.05, 4.69) is 0 Å². The zero-order valence-electron chi connectivity index (χ0n) is 19.4. The Morgan fingerprint density at radius 3 is 2.58 bits per heavy atom. The van der Waals surface area contributed by atoms with Crippen molar-refractivity contribution < 1.29 is 13.9 Å². The molecule has 0 spiro atoms. The van der Waals surface area contributed by atoms with E-state index in [1.807, 2.05) is 30.3 Å². The van der Waals surface area contributed by atoms with Crippen molar-refractivity contribution in [3.8, 4) is 22.8 Å². The minimum atomic E-state index is -0.870. The van der Waals surface area contributed by atoms with Gasteiger partial charge in [0.1, 0.15) is 29.8 Å². The van der Waals surface area contributed by atoms with Crippen molar-refractivity contribution in [1.29, 1.82) is 0 Å². The summed E-state index contributed by atoms with van der Waals surface area (Å²) in [6.07, 6.45) is 0. The third-order valence-electron chi connectivity index (χ3n) is 6.32. The van der Waals surface area contributed by atoms with Crippen molar-refractivity contribution in [2.75, 3.05) is 13.7 Å². The third-order valence-corrected chi connectivity index (χ3v) is 6.65. The Balaban J connectivity index is 1.75. The van der Waals surface area contributed by atoms with Crippen LogP contribution in [0.1, 0.15) is 23.2 Å². The van der Waals surface area contributed by atoms with E-state index in [-0.39, 0.29) is 35.2 Å². The van der Waals surface area contributed by atoms with Crippen LogP contribution in [-0.2, 0) is 6.54 Å². The number of aromatic nitrogens is 2. The maximum atomic E-state index is 14.9. The number of halogens is 2. The van der Waals surface area contributed by atoms with Crippen LogP contribution in [0.5, 0.6) is 11.6 Å². The quantitative estimate of drug-likeness (QED) is 0.423. The molecule has 1 aromatic heterocycles. The van der Waals surface area contributed by atoms with Gasteiger partial charge in [0.25, 0.3) is 5.56 Å². The van der Waals surface area contributed by atoms with Crippen LogP contribution in [0.25, 0.3) is 11.1 Å². The first kappa shape index (κ1) is 23.8. The number of benzene rings is 3. The first-order chi connectivity index (χ1) is 17.4. The Hall–Kier alpha value is -3.88. The number of methoxy groups -OCH3 is 1. The molecular weight excluding hydrogens is 485 g/mol. The summed E-state index contributed by atoms with van der Waals surface area (Å²) in [5.41, 5.74) is 6.71. The van der Waals surface area contributed by atoms with Gasteiger partial charge in [-0.2, -0.15) is 0 Å². The van der Waals surface area contributed by atoms with Gasteiger partial charge in [0, 0.05) is 16.6 Å². The van der Waals surface area contributed by atoms with Crippen molar-refractivity contribution in [1.82, 2.24) is 9.13 Å². The van der Waals surface area contributed by atoms with Crippen LogP contribution in [-0.4, -0.2) is 22.9 Å². The van der Waals surface area contributed by atoms with Gasteiger partial charge in [-0.25, -0.2) is 9.18 Å². The largest absolute Gasteiger partial charge is 0.497 e. The van der Waals surface area contributed by atoms with Gasteiger partial charge < -0.3 is 15.2 Å². The zero-order valence-corrected chi connectivity index (χ0v) is 20.1. The minimum Gasteiger partial charge on any atom is -0.497 e. The molecule has 0 amide bonds. The van der Waals surface area contributed by atoms with Crippen molar-refractivity contribution >= 4 is 11.6 Å². The van der Waals surface area contributed by atoms with Crippen LogP contribution in [0, 0.1) is 5.82 Å². The predicted molar refractivity (Wildman–Crippen MR) is 135 cm³/mol. The molecule has 0 aliphatic carbocycles. The monoisotopic (exact) mass is 507 g/mol. The highest BCUT2D eigenvalue weighted by Crippen LogP contribution is 2.39. The van der Waals surface area contributed by atoms with Crippen molar-refractivity contribution in [2.24, 2.45) is 5.73 Å². The number of hydrogen-bond donors (Lipinski definition) is 1. The highest BCUT2D eigenvalue weighted by atomic mass is 35.5. The summed E-state index contributed by atoms with van der Waals surface area (Å²) in [5, 5.41) is 0.157. The van der Waals surface area contributed by atoms with E-state index >= 15 is 0 Å². The first-order valence-corrected chi connectivity index (χ1v) is 11.7. The molecule has 36 heavy (non-hydrogen) atoms. The van der Waals surface area contributed by atoms with Crippen molar-refractivity contribution in [2.45, 2.75) is 18.6 Å². The Morgan fingerprint density at radius 1 is 1.11 bits per heavy atom. The van der Waals surface area contributed by atoms with Gasteiger partial charge in [-0.3, -0.25) is 13.9 Å². The maximum Gasteiger partial charge on any atom is 0.334 e. The van der Waals surface area contributed by atoms with E-state index in [0.717, 1.165) is 10.1 Å². The molecule has 3 aromatic carbocycles. The van der Waals surface area contributed by atoms with Gasteiger partial charge in [0.15, 0.2) is 0 Å². The first-order valence-electron chi connectivity index (χ1n) is 11.3. The van der Waals surface area contributed by atoms with Gasteiger partial charge in [-0.1, -0.05) is 60.1 Å². The third kappa shape index (κ3) is 4.08. The standard InChI is InChI=1S/C27H23ClFN3O4/c1-35-18-10-5-9-17(13-18)23-25(33)31(14-21(30)16-7-3-2-4-8-16)27(34)32-22(15-36-26(23)32)24-19(28)11-6-12-20(24)29/h2-13,21-22H,14-15,30H2,1H3. The second kappa shape index (κ2) is 9.64. The van der Waals surface area contributed by atoms with Crippen molar-refractivity contribution in [3.63, 3.8) is 0 Å². The fraction of sp³-hybridized carbons (Fsp3) is 0.185. The molecule has 9 heteroatoms. The average Bonchev–Trinajstić information content (AvgIpc) is 3.31. The molecule has 2 unspecified atom stereocenters. The topological polar surface area (TPSA) is 88.5 Å². The Labute approximate surface area is 211 Å². The van der Waals surface area contributed by atoms with E-state index in [9.17, 15) is 14.0 Å².